The lowest BCUT2D eigenvalue weighted by atomic mass is 9.63. The zero-order chi connectivity index (χ0) is 20.1. The third-order valence-electron chi connectivity index (χ3n) is 7.29. The fourth-order valence-electron chi connectivity index (χ4n) is 5.52. The molecule has 4 rings (SSSR count). The summed E-state index contributed by atoms with van der Waals surface area (Å²) < 4.78 is 0. The Balaban J connectivity index is 1.34. The molecule has 0 amide bonds. The third-order valence-corrected chi connectivity index (χ3v) is 7.29. The van der Waals surface area contributed by atoms with Gasteiger partial charge in [0.15, 0.2) is 0 Å². The summed E-state index contributed by atoms with van der Waals surface area (Å²) in [6.45, 7) is 6.01. The van der Waals surface area contributed by atoms with Crippen molar-refractivity contribution >= 4 is 0 Å². The van der Waals surface area contributed by atoms with E-state index in [1.165, 1.54) is 62.5 Å². The lowest BCUT2D eigenvalue weighted by molar-refractivity contribution is 0.115. The molecule has 4 atom stereocenters. The first-order valence-corrected chi connectivity index (χ1v) is 11.5. The molecule has 2 fully saturated rings. The normalized spacial score (nSPS) is 26.1. The van der Waals surface area contributed by atoms with E-state index in [0.717, 1.165) is 34.8 Å². The summed E-state index contributed by atoms with van der Waals surface area (Å²) >= 11 is 0. The molecule has 0 aliphatic heterocycles. The summed E-state index contributed by atoms with van der Waals surface area (Å²) in [5.74, 6) is 10.2. The van der Waals surface area contributed by atoms with Crippen molar-refractivity contribution in [2.45, 2.75) is 64.2 Å². The zero-order valence-electron chi connectivity index (χ0n) is 17.9. The Morgan fingerprint density at radius 1 is 0.828 bits per heavy atom. The van der Waals surface area contributed by atoms with Crippen LogP contribution in [0.5, 0.6) is 0 Å². The molecule has 0 bridgehead atoms. The molecule has 4 unspecified atom stereocenters. The van der Waals surface area contributed by atoms with Gasteiger partial charge in [-0.25, -0.2) is 0 Å². The van der Waals surface area contributed by atoms with Crippen LogP contribution in [0.15, 0.2) is 61.2 Å². The van der Waals surface area contributed by atoms with Gasteiger partial charge >= 0.3 is 0 Å². The number of hydrogen-bond donors (Lipinski definition) is 0. The standard InChI is InChI=1S/C29H34/c1-3-4-5-25-14-17-29-21-28(19-18-27(29)20-25)26-15-12-24(13-16-26)11-10-23-8-6-22(2)7-9-23/h3,6-9,12-13,15-16,25,27-29H,1,4-5,14,17-21H2,2H3. The number of fused-ring (bicyclic) bond motifs is 1. The second-order valence-corrected chi connectivity index (χ2v) is 9.31. The van der Waals surface area contributed by atoms with E-state index in [4.69, 9.17) is 0 Å². The van der Waals surface area contributed by atoms with E-state index in [1.807, 2.05) is 0 Å². The second-order valence-electron chi connectivity index (χ2n) is 9.31. The Morgan fingerprint density at radius 2 is 1.45 bits per heavy atom. The lowest BCUT2D eigenvalue weighted by Crippen LogP contribution is -2.30. The van der Waals surface area contributed by atoms with Crippen LogP contribution in [0.1, 0.15) is 79.5 Å². The fraction of sp³-hybridized carbons (Fsp3) is 0.448. The van der Waals surface area contributed by atoms with Crippen molar-refractivity contribution in [2.75, 3.05) is 0 Å². The van der Waals surface area contributed by atoms with Gasteiger partial charge in [0, 0.05) is 11.1 Å². The maximum Gasteiger partial charge on any atom is 0.0249 e. The number of hydrogen-bond acceptors (Lipinski definition) is 0. The van der Waals surface area contributed by atoms with Gasteiger partial charge in [-0.05, 0) is 105 Å². The quantitative estimate of drug-likeness (QED) is 0.376. The Bertz CT molecular complexity index is 859. The first-order valence-electron chi connectivity index (χ1n) is 11.5. The highest BCUT2D eigenvalue weighted by atomic mass is 14.4. The molecule has 150 valence electrons. The van der Waals surface area contributed by atoms with Crippen LogP contribution in [0.4, 0.5) is 0 Å². The van der Waals surface area contributed by atoms with Crippen molar-refractivity contribution in [1.82, 2.24) is 0 Å². The number of rotatable bonds is 4. The monoisotopic (exact) mass is 382 g/mol. The van der Waals surface area contributed by atoms with E-state index in [0.29, 0.717) is 0 Å². The molecule has 2 saturated carbocycles. The van der Waals surface area contributed by atoms with Crippen molar-refractivity contribution in [3.63, 3.8) is 0 Å². The Labute approximate surface area is 177 Å². The maximum atomic E-state index is 3.90. The van der Waals surface area contributed by atoms with Crippen molar-refractivity contribution in [1.29, 1.82) is 0 Å². The molecule has 0 heteroatoms. The summed E-state index contributed by atoms with van der Waals surface area (Å²) in [5.41, 5.74) is 5.01. The molecule has 0 aromatic heterocycles. The molecule has 0 N–H and O–H groups in total. The molecular weight excluding hydrogens is 348 g/mol. The molecule has 0 radical (unpaired) electrons. The minimum atomic E-state index is 0.750. The number of benzene rings is 2. The summed E-state index contributed by atoms with van der Waals surface area (Å²) in [6, 6.07) is 17.5. The van der Waals surface area contributed by atoms with E-state index in [2.05, 4.69) is 80.0 Å². The van der Waals surface area contributed by atoms with Gasteiger partial charge in [0.1, 0.15) is 0 Å². The van der Waals surface area contributed by atoms with Crippen LogP contribution in [0, 0.1) is 36.5 Å². The average Bonchev–Trinajstić information content (AvgIpc) is 2.77. The molecule has 2 aromatic carbocycles. The average molecular weight is 383 g/mol. The highest BCUT2D eigenvalue weighted by Crippen LogP contribution is 2.48. The third kappa shape index (κ3) is 5.22. The van der Waals surface area contributed by atoms with Crippen LogP contribution >= 0.6 is 0 Å². The smallest absolute Gasteiger partial charge is 0.0249 e. The minimum Gasteiger partial charge on any atom is -0.103 e. The van der Waals surface area contributed by atoms with Crippen molar-refractivity contribution in [2.24, 2.45) is 17.8 Å². The largest absolute Gasteiger partial charge is 0.103 e. The van der Waals surface area contributed by atoms with Gasteiger partial charge in [-0.15, -0.1) is 6.58 Å². The summed E-state index contributed by atoms with van der Waals surface area (Å²) in [7, 11) is 0. The molecule has 2 aromatic rings. The number of allylic oxidation sites excluding steroid dienone is 1. The first kappa shape index (κ1) is 20.0. The highest BCUT2D eigenvalue weighted by molar-refractivity contribution is 5.44. The summed E-state index contributed by atoms with van der Waals surface area (Å²) in [6.07, 6.45) is 13.2. The molecule has 29 heavy (non-hydrogen) atoms. The molecule has 0 heterocycles. The molecule has 2 aliphatic rings. The molecule has 0 saturated heterocycles. The Kier molecular flexibility index (Phi) is 6.56. The van der Waals surface area contributed by atoms with Crippen LogP contribution in [-0.2, 0) is 0 Å². The summed E-state index contributed by atoms with van der Waals surface area (Å²) in [4.78, 5) is 0. The zero-order valence-corrected chi connectivity index (χ0v) is 17.9. The topological polar surface area (TPSA) is 0 Å². The van der Waals surface area contributed by atoms with Gasteiger partial charge in [0.05, 0.1) is 0 Å². The van der Waals surface area contributed by atoms with Gasteiger partial charge < -0.3 is 0 Å². The van der Waals surface area contributed by atoms with Crippen LogP contribution in [-0.4, -0.2) is 0 Å². The van der Waals surface area contributed by atoms with Crippen LogP contribution in [0.25, 0.3) is 0 Å². The fourth-order valence-corrected chi connectivity index (χ4v) is 5.52. The Morgan fingerprint density at radius 3 is 2.14 bits per heavy atom. The minimum absolute atomic E-state index is 0.750. The first-order chi connectivity index (χ1) is 14.2. The van der Waals surface area contributed by atoms with E-state index in [-0.39, 0.29) is 0 Å². The van der Waals surface area contributed by atoms with Gasteiger partial charge in [0.25, 0.3) is 0 Å². The van der Waals surface area contributed by atoms with E-state index >= 15 is 0 Å². The summed E-state index contributed by atoms with van der Waals surface area (Å²) in [5, 5.41) is 0. The van der Waals surface area contributed by atoms with Gasteiger partial charge in [-0.3, -0.25) is 0 Å². The van der Waals surface area contributed by atoms with Gasteiger partial charge in [0.2, 0.25) is 0 Å². The number of aryl methyl sites for hydroxylation is 1. The van der Waals surface area contributed by atoms with Crippen molar-refractivity contribution < 1.29 is 0 Å². The molecule has 0 spiro atoms. The van der Waals surface area contributed by atoms with Crippen molar-refractivity contribution in [3.8, 4) is 11.8 Å². The van der Waals surface area contributed by atoms with E-state index in [1.54, 1.807) is 0 Å². The second kappa shape index (κ2) is 9.49. The van der Waals surface area contributed by atoms with E-state index in [9.17, 15) is 0 Å². The van der Waals surface area contributed by atoms with Gasteiger partial charge in [-0.1, -0.05) is 54.2 Å². The highest BCUT2D eigenvalue weighted by Gasteiger charge is 2.35. The lowest BCUT2D eigenvalue weighted by Gasteiger charge is -2.42. The molecule has 0 nitrogen and oxygen atoms in total. The van der Waals surface area contributed by atoms with Crippen molar-refractivity contribution in [3.05, 3.63) is 83.4 Å². The maximum absolute atomic E-state index is 3.90. The van der Waals surface area contributed by atoms with Crippen LogP contribution in [0.2, 0.25) is 0 Å². The van der Waals surface area contributed by atoms with E-state index < -0.39 is 0 Å². The predicted molar refractivity (Wildman–Crippen MR) is 124 cm³/mol. The predicted octanol–water partition coefficient (Wildman–Crippen LogP) is 7.66. The molecular formula is C29H34. The Hall–Kier alpha value is -2.26. The van der Waals surface area contributed by atoms with Crippen LogP contribution in [0.3, 0.4) is 0 Å². The van der Waals surface area contributed by atoms with Gasteiger partial charge in [-0.2, -0.15) is 0 Å². The SMILES string of the molecule is C=CCCC1CCC2CC(c3ccc(C#Cc4ccc(C)cc4)cc3)CCC2C1. The van der Waals surface area contributed by atoms with Crippen LogP contribution < -0.4 is 0 Å². The molecule has 2 aliphatic carbocycles.